The molecule has 100 valence electrons. The molecule has 0 spiro atoms. The van der Waals surface area contributed by atoms with Gasteiger partial charge in [0.1, 0.15) is 0 Å². The van der Waals surface area contributed by atoms with Crippen LogP contribution < -0.4 is 0 Å². The molecule has 17 heavy (non-hydrogen) atoms. The highest BCUT2D eigenvalue weighted by Crippen LogP contribution is 2.61. The van der Waals surface area contributed by atoms with Gasteiger partial charge in [-0.3, -0.25) is 0 Å². The van der Waals surface area contributed by atoms with Crippen LogP contribution in [0.3, 0.4) is 0 Å². The van der Waals surface area contributed by atoms with Gasteiger partial charge < -0.3 is 9.64 Å². The first kappa shape index (κ1) is 13.1. The van der Waals surface area contributed by atoms with E-state index in [0.717, 1.165) is 0 Å². The van der Waals surface area contributed by atoms with Crippen LogP contribution in [-0.2, 0) is 4.74 Å². The van der Waals surface area contributed by atoms with E-state index in [2.05, 4.69) is 0 Å². The summed E-state index contributed by atoms with van der Waals surface area (Å²) in [5, 5.41) is 0. The molecule has 2 fully saturated rings. The Balaban J connectivity index is 1.89. The van der Waals surface area contributed by atoms with Crippen molar-refractivity contribution >= 4 is 0 Å². The van der Waals surface area contributed by atoms with Gasteiger partial charge in [-0.15, -0.1) is 0 Å². The Bertz CT molecular complexity index is 287. The van der Waals surface area contributed by atoms with Crippen LogP contribution in [0.5, 0.6) is 0 Å². The van der Waals surface area contributed by atoms with Gasteiger partial charge in [-0.25, -0.2) is 17.6 Å². The Hall–Kier alpha value is -0.360. The average Bonchev–Trinajstić information content (AvgIpc) is 2.72. The Morgan fingerprint density at radius 3 is 2.06 bits per heavy atom. The van der Waals surface area contributed by atoms with E-state index in [-0.39, 0.29) is 45.5 Å². The Morgan fingerprint density at radius 1 is 1.12 bits per heavy atom. The first-order valence-corrected chi connectivity index (χ1v) is 5.77. The standard InChI is InChI=1S/C11H17F4NO/c1-17-8-9(6-11(9,14)15)7-16-4-2-10(12,13)3-5-16/h2-8H2,1H3/t9-/m1/s1. The van der Waals surface area contributed by atoms with Crippen LogP contribution in [0.25, 0.3) is 0 Å². The van der Waals surface area contributed by atoms with Gasteiger partial charge in [-0.1, -0.05) is 0 Å². The molecule has 1 heterocycles. The number of halogens is 4. The van der Waals surface area contributed by atoms with Gasteiger partial charge in [0.2, 0.25) is 0 Å². The molecule has 1 saturated carbocycles. The third-order valence-electron chi connectivity index (χ3n) is 3.75. The number of piperidine rings is 1. The fraction of sp³-hybridized carbons (Fsp3) is 1.00. The summed E-state index contributed by atoms with van der Waals surface area (Å²) in [6, 6.07) is 0. The van der Waals surface area contributed by atoms with Crippen LogP contribution in [0.1, 0.15) is 19.3 Å². The van der Waals surface area contributed by atoms with Gasteiger partial charge in [0.15, 0.2) is 0 Å². The second kappa shape index (κ2) is 4.09. The molecule has 6 heteroatoms. The van der Waals surface area contributed by atoms with Crippen molar-refractivity contribution in [3.05, 3.63) is 0 Å². The predicted octanol–water partition coefficient (Wildman–Crippen LogP) is 2.39. The van der Waals surface area contributed by atoms with Gasteiger partial charge in [0, 0.05) is 46.0 Å². The summed E-state index contributed by atoms with van der Waals surface area (Å²) in [6.07, 6.45) is -0.663. The van der Waals surface area contributed by atoms with Crippen LogP contribution in [0, 0.1) is 5.41 Å². The second-order valence-corrected chi connectivity index (χ2v) is 5.23. The maximum absolute atomic E-state index is 13.3. The molecular weight excluding hydrogens is 238 g/mol. The van der Waals surface area contributed by atoms with Gasteiger partial charge in [-0.05, 0) is 0 Å². The number of likely N-dealkylation sites (tertiary alicyclic amines) is 1. The van der Waals surface area contributed by atoms with Gasteiger partial charge in [0.25, 0.3) is 11.8 Å². The number of alkyl halides is 4. The first-order valence-electron chi connectivity index (χ1n) is 5.77. The average molecular weight is 255 g/mol. The van der Waals surface area contributed by atoms with E-state index in [0.29, 0.717) is 0 Å². The lowest BCUT2D eigenvalue weighted by molar-refractivity contribution is -0.0665. The molecule has 0 aromatic rings. The molecule has 0 unspecified atom stereocenters. The Kier molecular flexibility index (Phi) is 3.14. The SMILES string of the molecule is COC[C@]1(CN2CCC(F)(F)CC2)CC1(F)F. The zero-order valence-corrected chi connectivity index (χ0v) is 9.82. The van der Waals surface area contributed by atoms with Gasteiger partial charge in [-0.2, -0.15) is 0 Å². The van der Waals surface area contributed by atoms with E-state index in [1.165, 1.54) is 7.11 Å². The zero-order valence-electron chi connectivity index (χ0n) is 9.82. The van der Waals surface area contributed by atoms with Crippen molar-refractivity contribution in [3.8, 4) is 0 Å². The lowest BCUT2D eigenvalue weighted by Gasteiger charge is -2.34. The predicted molar refractivity (Wildman–Crippen MR) is 54.5 cm³/mol. The molecule has 0 bridgehead atoms. The lowest BCUT2D eigenvalue weighted by Crippen LogP contribution is -2.44. The van der Waals surface area contributed by atoms with Crippen molar-refractivity contribution < 1.29 is 22.3 Å². The maximum atomic E-state index is 13.3. The minimum Gasteiger partial charge on any atom is -0.384 e. The normalized spacial score (nSPS) is 35.8. The number of hydrogen-bond acceptors (Lipinski definition) is 2. The summed E-state index contributed by atoms with van der Waals surface area (Å²) in [4.78, 5) is 1.71. The van der Waals surface area contributed by atoms with Gasteiger partial charge >= 0.3 is 0 Å². The summed E-state index contributed by atoms with van der Waals surface area (Å²) in [5.41, 5.74) is -1.14. The first-order chi connectivity index (χ1) is 7.80. The number of rotatable bonds is 4. The third kappa shape index (κ3) is 2.57. The molecule has 0 radical (unpaired) electrons. The summed E-state index contributed by atoms with van der Waals surface area (Å²) >= 11 is 0. The summed E-state index contributed by atoms with van der Waals surface area (Å²) in [6.45, 7) is 0.528. The highest BCUT2D eigenvalue weighted by Gasteiger charge is 2.71. The van der Waals surface area contributed by atoms with E-state index < -0.39 is 17.3 Å². The molecule has 1 aliphatic heterocycles. The largest absolute Gasteiger partial charge is 0.384 e. The molecule has 0 aromatic carbocycles. The van der Waals surface area contributed by atoms with Crippen molar-refractivity contribution in [1.29, 1.82) is 0 Å². The monoisotopic (exact) mass is 255 g/mol. The molecule has 0 aromatic heterocycles. The maximum Gasteiger partial charge on any atom is 0.258 e. The molecule has 2 nitrogen and oxygen atoms in total. The minimum absolute atomic E-state index is 0.00705. The van der Waals surface area contributed by atoms with E-state index in [9.17, 15) is 17.6 Å². The van der Waals surface area contributed by atoms with Crippen molar-refractivity contribution in [3.63, 3.8) is 0 Å². The van der Waals surface area contributed by atoms with E-state index in [1.54, 1.807) is 4.90 Å². The van der Waals surface area contributed by atoms with Crippen molar-refractivity contribution in [1.82, 2.24) is 4.90 Å². The van der Waals surface area contributed by atoms with Crippen molar-refractivity contribution in [2.24, 2.45) is 5.41 Å². The van der Waals surface area contributed by atoms with Gasteiger partial charge in [0.05, 0.1) is 12.0 Å². The van der Waals surface area contributed by atoms with Crippen LogP contribution >= 0.6 is 0 Å². The molecule has 2 aliphatic rings. The topological polar surface area (TPSA) is 12.5 Å². The highest BCUT2D eigenvalue weighted by atomic mass is 19.3. The zero-order chi connectivity index (χ0) is 12.7. The number of methoxy groups -OCH3 is 1. The molecule has 2 rings (SSSR count). The second-order valence-electron chi connectivity index (χ2n) is 5.23. The fourth-order valence-electron chi connectivity index (χ4n) is 2.50. The van der Waals surface area contributed by atoms with Crippen LogP contribution in [0.15, 0.2) is 0 Å². The summed E-state index contributed by atoms with van der Waals surface area (Å²) in [5.74, 6) is -5.33. The third-order valence-corrected chi connectivity index (χ3v) is 3.75. The molecule has 1 aliphatic carbocycles. The molecule has 0 amide bonds. The van der Waals surface area contributed by atoms with Crippen LogP contribution in [-0.4, -0.2) is 50.1 Å². The van der Waals surface area contributed by atoms with Crippen LogP contribution in [0.2, 0.25) is 0 Å². The van der Waals surface area contributed by atoms with E-state index in [4.69, 9.17) is 4.74 Å². The lowest BCUT2D eigenvalue weighted by atomic mass is 10.0. The smallest absolute Gasteiger partial charge is 0.258 e. The van der Waals surface area contributed by atoms with E-state index >= 15 is 0 Å². The number of hydrogen-bond donors (Lipinski definition) is 0. The molecule has 1 atom stereocenters. The summed E-state index contributed by atoms with van der Waals surface area (Å²) < 4.78 is 57.3. The van der Waals surface area contributed by atoms with E-state index in [1.807, 2.05) is 0 Å². The molecule has 1 saturated heterocycles. The fourth-order valence-corrected chi connectivity index (χ4v) is 2.50. The molecular formula is C11H17F4NO. The highest BCUT2D eigenvalue weighted by molar-refractivity contribution is 5.11. The Morgan fingerprint density at radius 2 is 1.65 bits per heavy atom. The quantitative estimate of drug-likeness (QED) is 0.715. The van der Waals surface area contributed by atoms with Crippen LogP contribution in [0.4, 0.5) is 17.6 Å². The molecule has 0 N–H and O–H groups in total. The Labute approximate surface area is 97.9 Å². The number of ether oxygens (including phenoxy) is 1. The minimum atomic E-state index is -2.71. The van der Waals surface area contributed by atoms with Crippen molar-refractivity contribution in [2.75, 3.05) is 33.4 Å². The number of nitrogens with zero attached hydrogens (tertiary/aromatic N) is 1. The summed E-state index contributed by atoms with van der Waals surface area (Å²) in [7, 11) is 1.39. The van der Waals surface area contributed by atoms with Crippen molar-refractivity contribution in [2.45, 2.75) is 31.1 Å².